The number of unbranched alkanes of at least 4 members (excludes halogenated alkanes) is 17. The van der Waals surface area contributed by atoms with Crippen LogP contribution in [-0.2, 0) is 38.3 Å². The van der Waals surface area contributed by atoms with Gasteiger partial charge in [-0.2, -0.15) is 8.42 Å². The average Bonchev–Trinajstić information content (AvgIpc) is 3.34. The lowest BCUT2D eigenvalue weighted by molar-refractivity contribution is -0.301. The van der Waals surface area contributed by atoms with Crippen LogP contribution in [0.15, 0.2) is 97.2 Å². The average molecular weight is 1010 g/mol. The van der Waals surface area contributed by atoms with Crippen molar-refractivity contribution in [1.29, 1.82) is 0 Å². The standard InChI is InChI=1S/C57H96O12S/c1-3-5-7-9-11-13-15-17-19-21-23-25-27-29-31-33-35-37-39-41-43-45-47-65-49-51(50-66-57-55(61)56(69-70(62,63)64)54(60)52(48-58)68-57)67-53(59)46-44-42-40-38-36-34-32-30-28-26-24-22-20-18-16-14-12-10-8-6-4-2/h6,8,12,14-15,17-18,20-21,23-24,26,30,32,36,38,51-52,54-58,60-61H,3-5,7,9-11,13,16,19,22,25,27-29,31,33-35,37,39-50H2,1-2H3,(H,62,63,64)/b8-6-,14-12-,17-15-,20-18-,23-21-,26-24-,32-30-,38-36-. The molecule has 13 heteroatoms. The van der Waals surface area contributed by atoms with E-state index in [1.165, 1.54) is 89.9 Å². The Hall–Kier alpha value is -2.98. The number of aliphatic hydroxyl groups excluding tert-OH is 3. The highest BCUT2D eigenvalue weighted by molar-refractivity contribution is 7.80. The van der Waals surface area contributed by atoms with Gasteiger partial charge in [-0.3, -0.25) is 9.35 Å². The Kier molecular flexibility index (Phi) is 43.7. The Morgan fingerprint density at radius 1 is 0.557 bits per heavy atom. The maximum Gasteiger partial charge on any atom is 0.397 e. The molecule has 0 amide bonds. The fourth-order valence-electron chi connectivity index (χ4n) is 7.65. The predicted octanol–water partition coefficient (Wildman–Crippen LogP) is 13.0. The normalized spacial score (nSPS) is 19.9. The number of hydrogen-bond donors (Lipinski definition) is 4. The number of aliphatic hydroxyl groups is 3. The minimum Gasteiger partial charge on any atom is -0.457 e. The zero-order valence-electron chi connectivity index (χ0n) is 43.3. The van der Waals surface area contributed by atoms with Crippen LogP contribution in [0.1, 0.15) is 194 Å². The first-order valence-electron chi connectivity index (χ1n) is 27.0. The summed E-state index contributed by atoms with van der Waals surface area (Å²) < 4.78 is 59.3. The Balaban J connectivity index is 2.39. The Labute approximate surface area is 425 Å². The molecule has 1 rings (SSSR count). The third-order valence-corrected chi connectivity index (χ3v) is 12.2. The molecule has 0 radical (unpaired) electrons. The first kappa shape index (κ1) is 65.0. The molecule has 402 valence electrons. The Bertz CT molecular complexity index is 1580. The molecule has 0 aromatic rings. The van der Waals surface area contributed by atoms with Gasteiger partial charge in [0, 0.05) is 13.0 Å². The summed E-state index contributed by atoms with van der Waals surface area (Å²) in [6, 6.07) is 0. The van der Waals surface area contributed by atoms with Gasteiger partial charge in [-0.1, -0.05) is 188 Å². The fourth-order valence-corrected chi connectivity index (χ4v) is 8.16. The largest absolute Gasteiger partial charge is 0.457 e. The second-order valence-corrected chi connectivity index (χ2v) is 19.1. The molecule has 70 heavy (non-hydrogen) atoms. The number of ether oxygens (including phenoxy) is 4. The number of esters is 1. The minimum absolute atomic E-state index is 0.0101. The van der Waals surface area contributed by atoms with E-state index in [4.69, 9.17) is 18.9 Å². The minimum atomic E-state index is -5.08. The molecule has 1 fully saturated rings. The van der Waals surface area contributed by atoms with Crippen LogP contribution in [0.25, 0.3) is 0 Å². The van der Waals surface area contributed by atoms with E-state index in [2.05, 4.69) is 115 Å². The highest BCUT2D eigenvalue weighted by Gasteiger charge is 2.48. The third-order valence-electron chi connectivity index (χ3n) is 11.7. The van der Waals surface area contributed by atoms with Crippen molar-refractivity contribution in [3.05, 3.63) is 97.2 Å². The van der Waals surface area contributed by atoms with Crippen molar-refractivity contribution in [2.24, 2.45) is 0 Å². The molecule has 0 aromatic carbocycles. The SMILES string of the molecule is CC/C=C\C/C=C\C/C=C\C/C=C\C/C=C\C/C=C\CCCCC(=O)OC(COCCCCCCCCCCCC/C=C\C/C=C\CCCCCCC)COC1OC(CO)C(O)C(OS(=O)(=O)O)C1O. The first-order chi connectivity index (χ1) is 34.1. The summed E-state index contributed by atoms with van der Waals surface area (Å²) in [7, 11) is -5.08. The number of hydrogen-bond acceptors (Lipinski definition) is 11. The predicted molar refractivity (Wildman–Crippen MR) is 285 cm³/mol. The number of carbonyl (C=O) groups is 1. The molecule has 0 spiro atoms. The molecule has 1 heterocycles. The van der Waals surface area contributed by atoms with Crippen molar-refractivity contribution in [2.45, 2.75) is 230 Å². The van der Waals surface area contributed by atoms with Gasteiger partial charge in [-0.05, 0) is 96.3 Å². The summed E-state index contributed by atoms with van der Waals surface area (Å²) in [6.45, 7) is 3.80. The van der Waals surface area contributed by atoms with Crippen LogP contribution in [0.4, 0.5) is 0 Å². The quantitative estimate of drug-likeness (QED) is 0.0197. The van der Waals surface area contributed by atoms with Crippen LogP contribution in [0.5, 0.6) is 0 Å². The zero-order valence-corrected chi connectivity index (χ0v) is 44.1. The number of allylic oxidation sites excluding steroid dienone is 16. The fraction of sp³-hybridized carbons (Fsp3) is 0.702. The van der Waals surface area contributed by atoms with Gasteiger partial charge in [0.1, 0.15) is 30.5 Å². The van der Waals surface area contributed by atoms with Crippen LogP contribution >= 0.6 is 0 Å². The number of carbonyl (C=O) groups excluding carboxylic acids is 1. The lowest BCUT2D eigenvalue weighted by Gasteiger charge is -2.41. The van der Waals surface area contributed by atoms with Crippen molar-refractivity contribution < 1.29 is 56.2 Å². The molecule has 12 nitrogen and oxygen atoms in total. The van der Waals surface area contributed by atoms with E-state index in [1.54, 1.807) is 0 Å². The summed E-state index contributed by atoms with van der Waals surface area (Å²) in [4.78, 5) is 12.9. The van der Waals surface area contributed by atoms with Crippen LogP contribution < -0.4 is 0 Å². The molecule has 6 atom stereocenters. The second kappa shape index (κ2) is 47.1. The second-order valence-electron chi connectivity index (χ2n) is 18.1. The Morgan fingerprint density at radius 3 is 1.44 bits per heavy atom. The molecule has 1 saturated heterocycles. The van der Waals surface area contributed by atoms with E-state index < -0.39 is 59.8 Å². The molecular formula is C57H96O12S. The lowest BCUT2D eigenvalue weighted by atomic mass is 9.99. The van der Waals surface area contributed by atoms with E-state index in [1.807, 2.05) is 0 Å². The van der Waals surface area contributed by atoms with Crippen LogP contribution in [0.2, 0.25) is 0 Å². The van der Waals surface area contributed by atoms with E-state index in [-0.39, 0.29) is 19.6 Å². The van der Waals surface area contributed by atoms with Gasteiger partial charge in [0.25, 0.3) is 0 Å². The molecule has 6 unspecified atom stereocenters. The van der Waals surface area contributed by atoms with Crippen molar-refractivity contribution in [2.75, 3.05) is 26.4 Å². The smallest absolute Gasteiger partial charge is 0.397 e. The van der Waals surface area contributed by atoms with E-state index >= 15 is 0 Å². The zero-order chi connectivity index (χ0) is 51.0. The maximum atomic E-state index is 12.9. The molecule has 1 aliphatic heterocycles. The van der Waals surface area contributed by atoms with Gasteiger partial charge >= 0.3 is 16.4 Å². The van der Waals surface area contributed by atoms with Crippen molar-refractivity contribution in [3.63, 3.8) is 0 Å². The van der Waals surface area contributed by atoms with Crippen molar-refractivity contribution in [1.82, 2.24) is 0 Å². The van der Waals surface area contributed by atoms with Gasteiger partial charge in [-0.15, -0.1) is 0 Å². The molecule has 0 aliphatic carbocycles. The van der Waals surface area contributed by atoms with Crippen molar-refractivity contribution >= 4 is 16.4 Å². The summed E-state index contributed by atoms with van der Waals surface area (Å²) in [5.41, 5.74) is 0. The van der Waals surface area contributed by atoms with Crippen LogP contribution in [0.3, 0.4) is 0 Å². The summed E-state index contributed by atoms with van der Waals surface area (Å²) in [5, 5.41) is 30.8. The monoisotopic (exact) mass is 1000 g/mol. The van der Waals surface area contributed by atoms with Crippen LogP contribution in [0, 0.1) is 0 Å². The molecule has 4 N–H and O–H groups in total. The van der Waals surface area contributed by atoms with E-state index in [0.717, 1.165) is 77.0 Å². The number of rotatable bonds is 46. The highest BCUT2D eigenvalue weighted by atomic mass is 32.3. The van der Waals surface area contributed by atoms with Gasteiger partial charge in [0.15, 0.2) is 6.29 Å². The summed E-state index contributed by atoms with van der Waals surface area (Å²) >= 11 is 0. The highest BCUT2D eigenvalue weighted by Crippen LogP contribution is 2.26. The van der Waals surface area contributed by atoms with E-state index in [0.29, 0.717) is 13.0 Å². The third kappa shape index (κ3) is 39.6. The lowest BCUT2D eigenvalue weighted by Crippen LogP contribution is -2.60. The first-order valence-corrected chi connectivity index (χ1v) is 28.4. The summed E-state index contributed by atoms with van der Waals surface area (Å²) in [6.07, 6.45) is 55.8. The molecule has 0 aromatic heterocycles. The van der Waals surface area contributed by atoms with E-state index in [9.17, 15) is 33.1 Å². The van der Waals surface area contributed by atoms with Gasteiger partial charge in [0.2, 0.25) is 0 Å². The molecule has 0 saturated carbocycles. The Morgan fingerprint density at radius 2 is 0.986 bits per heavy atom. The molecule has 1 aliphatic rings. The molecule has 0 bridgehead atoms. The van der Waals surface area contributed by atoms with Gasteiger partial charge < -0.3 is 34.3 Å². The van der Waals surface area contributed by atoms with Gasteiger partial charge in [-0.25, -0.2) is 4.18 Å². The topological polar surface area (TPSA) is 178 Å². The summed E-state index contributed by atoms with van der Waals surface area (Å²) in [5.74, 6) is -0.444. The molecular weight excluding hydrogens is 909 g/mol. The maximum absolute atomic E-state index is 12.9. The van der Waals surface area contributed by atoms with Gasteiger partial charge in [0.05, 0.1) is 19.8 Å². The van der Waals surface area contributed by atoms with Crippen molar-refractivity contribution in [3.8, 4) is 0 Å². The van der Waals surface area contributed by atoms with Crippen LogP contribution in [-0.4, -0.2) is 97.5 Å².